The van der Waals surface area contributed by atoms with Crippen molar-refractivity contribution in [3.63, 3.8) is 0 Å². The average molecular weight is 449 g/mol. The smallest absolute Gasteiger partial charge is 0.263 e. The number of hydrogen-bond donors (Lipinski definition) is 2. The van der Waals surface area contributed by atoms with Crippen LogP contribution in [0.3, 0.4) is 0 Å². The highest BCUT2D eigenvalue weighted by atomic mass is 16.2. The summed E-state index contributed by atoms with van der Waals surface area (Å²) in [5.74, 6) is -2.30. The fraction of sp³-hybridized carbons (Fsp3) is 0.0400. The number of nitrogens with one attached hydrogen (secondary N) is 2. The number of amides is 4. The number of nitrogens with zero attached hydrogens (tertiary/aromatic N) is 3. The Balaban J connectivity index is 1.67. The fourth-order valence-corrected chi connectivity index (χ4v) is 3.46. The summed E-state index contributed by atoms with van der Waals surface area (Å²) in [5.41, 5.74) is 1.46. The van der Waals surface area contributed by atoms with E-state index in [9.17, 15) is 19.2 Å². The molecule has 3 aromatic rings. The zero-order chi connectivity index (χ0) is 24.4. The van der Waals surface area contributed by atoms with Gasteiger partial charge in [0, 0.05) is 18.2 Å². The van der Waals surface area contributed by atoms with E-state index in [1.54, 1.807) is 0 Å². The van der Waals surface area contributed by atoms with Crippen molar-refractivity contribution >= 4 is 35.0 Å². The standard InChI is InChI=1S/C25H15N5O4/c1-30-24(33)20-18(28-22(31)16-6-2-14(12-26)3-7-16)10-11-19(21(20)25(30)34)29-23(32)17-8-4-15(13-27)5-9-17/h2-11H,1H3,(H,28,31)(H,29,32). The van der Waals surface area contributed by atoms with Crippen molar-refractivity contribution in [2.75, 3.05) is 17.7 Å². The molecule has 1 aliphatic rings. The minimum atomic E-state index is -0.621. The number of rotatable bonds is 4. The lowest BCUT2D eigenvalue weighted by molar-refractivity contribution is 0.0693. The summed E-state index contributed by atoms with van der Waals surface area (Å²) >= 11 is 0. The van der Waals surface area contributed by atoms with Crippen LogP contribution < -0.4 is 10.6 Å². The zero-order valence-electron chi connectivity index (χ0n) is 17.7. The minimum Gasteiger partial charge on any atom is -0.321 e. The summed E-state index contributed by atoms with van der Waals surface area (Å²) in [4.78, 5) is 51.8. The lowest BCUT2D eigenvalue weighted by atomic mass is 10.0. The van der Waals surface area contributed by atoms with Crippen molar-refractivity contribution < 1.29 is 19.2 Å². The lowest BCUT2D eigenvalue weighted by Gasteiger charge is -2.13. The van der Waals surface area contributed by atoms with Crippen molar-refractivity contribution in [3.05, 3.63) is 94.0 Å². The summed E-state index contributed by atoms with van der Waals surface area (Å²) in [5, 5.41) is 23.1. The molecule has 0 radical (unpaired) electrons. The van der Waals surface area contributed by atoms with Crippen LogP contribution in [0.15, 0.2) is 60.7 Å². The first kappa shape index (κ1) is 21.9. The summed E-state index contributed by atoms with van der Waals surface area (Å²) in [6.45, 7) is 0. The van der Waals surface area contributed by atoms with Crippen molar-refractivity contribution in [1.82, 2.24) is 4.90 Å². The first-order chi connectivity index (χ1) is 16.3. The molecule has 9 heteroatoms. The van der Waals surface area contributed by atoms with Crippen LogP contribution >= 0.6 is 0 Å². The van der Waals surface area contributed by atoms with Gasteiger partial charge < -0.3 is 10.6 Å². The van der Waals surface area contributed by atoms with Gasteiger partial charge in [0.05, 0.1) is 45.8 Å². The number of imide groups is 1. The monoisotopic (exact) mass is 449 g/mol. The number of anilines is 2. The third-order valence-electron chi connectivity index (χ3n) is 5.29. The van der Waals surface area contributed by atoms with Crippen LogP contribution in [0.1, 0.15) is 52.6 Å². The molecule has 0 spiro atoms. The average Bonchev–Trinajstić information content (AvgIpc) is 3.10. The fourth-order valence-electron chi connectivity index (χ4n) is 3.46. The van der Waals surface area contributed by atoms with E-state index in [1.807, 2.05) is 12.1 Å². The second-order valence-corrected chi connectivity index (χ2v) is 7.37. The van der Waals surface area contributed by atoms with Gasteiger partial charge in [0.25, 0.3) is 23.6 Å². The normalized spacial score (nSPS) is 11.9. The highest BCUT2D eigenvalue weighted by Crippen LogP contribution is 2.35. The second kappa shape index (κ2) is 8.69. The largest absolute Gasteiger partial charge is 0.321 e. The minimum absolute atomic E-state index is 0.0351. The summed E-state index contributed by atoms with van der Waals surface area (Å²) in [6.07, 6.45) is 0. The molecule has 0 saturated heterocycles. The van der Waals surface area contributed by atoms with Gasteiger partial charge >= 0.3 is 0 Å². The third kappa shape index (κ3) is 3.85. The highest BCUT2D eigenvalue weighted by molar-refractivity contribution is 6.27. The molecule has 3 aromatic carbocycles. The Morgan fingerprint density at radius 2 is 1.03 bits per heavy atom. The van der Waals surface area contributed by atoms with Crippen LogP contribution in [0.4, 0.5) is 11.4 Å². The first-order valence-electron chi connectivity index (χ1n) is 9.96. The molecule has 0 aromatic heterocycles. The van der Waals surface area contributed by atoms with Gasteiger partial charge in [0.1, 0.15) is 0 Å². The molecule has 0 fully saturated rings. The Labute approximate surface area is 193 Å². The number of hydrogen-bond acceptors (Lipinski definition) is 6. The quantitative estimate of drug-likeness (QED) is 0.586. The van der Waals surface area contributed by atoms with Crippen molar-refractivity contribution in [1.29, 1.82) is 10.5 Å². The van der Waals surface area contributed by atoms with Crippen LogP contribution in [0.2, 0.25) is 0 Å². The van der Waals surface area contributed by atoms with Gasteiger partial charge in [-0.25, -0.2) is 0 Å². The molecule has 164 valence electrons. The molecule has 0 bridgehead atoms. The number of nitriles is 2. The predicted octanol–water partition coefficient (Wildman–Crippen LogP) is 3.16. The Kier molecular flexibility index (Phi) is 5.61. The molecule has 4 rings (SSSR count). The molecule has 1 aliphatic heterocycles. The number of benzene rings is 3. The van der Waals surface area contributed by atoms with Gasteiger partial charge in [-0.2, -0.15) is 10.5 Å². The first-order valence-corrected chi connectivity index (χ1v) is 9.96. The molecule has 9 nitrogen and oxygen atoms in total. The van der Waals surface area contributed by atoms with Crippen molar-refractivity contribution in [2.24, 2.45) is 0 Å². The SMILES string of the molecule is CN1C(=O)c2c(NC(=O)c3ccc(C#N)cc3)ccc(NC(=O)c3ccc(C#N)cc3)c2C1=O. The molecule has 1 heterocycles. The van der Waals surface area contributed by atoms with E-state index in [0.717, 1.165) is 4.90 Å². The third-order valence-corrected chi connectivity index (χ3v) is 5.29. The van der Waals surface area contributed by atoms with E-state index in [0.29, 0.717) is 11.1 Å². The molecule has 0 atom stereocenters. The van der Waals surface area contributed by atoms with E-state index in [2.05, 4.69) is 10.6 Å². The number of carbonyl (C=O) groups excluding carboxylic acids is 4. The van der Waals surface area contributed by atoms with Crippen molar-refractivity contribution in [2.45, 2.75) is 0 Å². The molecule has 0 aliphatic carbocycles. The Bertz CT molecular complexity index is 1330. The van der Waals surface area contributed by atoms with E-state index in [1.165, 1.54) is 67.7 Å². The van der Waals surface area contributed by atoms with E-state index in [4.69, 9.17) is 10.5 Å². The predicted molar refractivity (Wildman–Crippen MR) is 121 cm³/mol. The molecular formula is C25H15N5O4. The maximum Gasteiger partial charge on any atom is 0.263 e. The molecule has 0 saturated carbocycles. The maximum atomic E-state index is 12.8. The van der Waals surface area contributed by atoms with Gasteiger partial charge in [-0.15, -0.1) is 0 Å². The van der Waals surface area contributed by atoms with Gasteiger partial charge in [0.15, 0.2) is 0 Å². The van der Waals surface area contributed by atoms with Gasteiger partial charge in [-0.1, -0.05) is 0 Å². The molecule has 34 heavy (non-hydrogen) atoms. The van der Waals surface area contributed by atoms with Crippen molar-refractivity contribution in [3.8, 4) is 12.1 Å². The van der Waals surface area contributed by atoms with E-state index < -0.39 is 23.6 Å². The Hall–Kier alpha value is -5.28. The maximum absolute atomic E-state index is 12.8. The number of carbonyl (C=O) groups is 4. The second-order valence-electron chi connectivity index (χ2n) is 7.37. The van der Waals surface area contributed by atoms with Gasteiger partial charge in [-0.05, 0) is 60.7 Å². The lowest BCUT2D eigenvalue weighted by Crippen LogP contribution is -2.25. The zero-order valence-corrected chi connectivity index (χ0v) is 17.7. The summed E-state index contributed by atoms with van der Waals surface area (Å²) in [7, 11) is 1.31. The van der Waals surface area contributed by atoms with E-state index in [-0.39, 0.29) is 33.6 Å². The van der Waals surface area contributed by atoms with Crippen LogP contribution in [-0.4, -0.2) is 35.6 Å². The van der Waals surface area contributed by atoms with Crippen LogP contribution in [0, 0.1) is 22.7 Å². The summed E-state index contributed by atoms with van der Waals surface area (Å²) < 4.78 is 0. The molecule has 0 unspecified atom stereocenters. The Morgan fingerprint density at radius 1 is 0.676 bits per heavy atom. The van der Waals surface area contributed by atoms with Gasteiger partial charge in [-0.3, -0.25) is 24.1 Å². The van der Waals surface area contributed by atoms with Crippen LogP contribution in [0.25, 0.3) is 0 Å². The van der Waals surface area contributed by atoms with Gasteiger partial charge in [0.2, 0.25) is 0 Å². The molecule has 2 N–H and O–H groups in total. The Morgan fingerprint density at radius 3 is 1.35 bits per heavy atom. The van der Waals surface area contributed by atoms with Crippen LogP contribution in [-0.2, 0) is 0 Å². The highest BCUT2D eigenvalue weighted by Gasteiger charge is 2.38. The number of fused-ring (bicyclic) bond motifs is 1. The molecule has 4 amide bonds. The van der Waals surface area contributed by atoms with E-state index >= 15 is 0 Å². The van der Waals surface area contributed by atoms with Crippen LogP contribution in [0.5, 0.6) is 0 Å². The summed E-state index contributed by atoms with van der Waals surface area (Å²) in [6, 6.07) is 18.6. The topological polar surface area (TPSA) is 143 Å². The molecular weight excluding hydrogens is 434 g/mol.